The maximum atomic E-state index is 12.5. The molecule has 1 fully saturated rings. The number of benzene rings is 1. The summed E-state index contributed by atoms with van der Waals surface area (Å²) in [6.07, 6.45) is 0.175. The van der Waals surface area contributed by atoms with Crippen molar-refractivity contribution < 1.29 is 9.59 Å². The number of imide groups is 1. The second kappa shape index (κ2) is 5.88. The third kappa shape index (κ3) is 2.87. The van der Waals surface area contributed by atoms with E-state index in [0.29, 0.717) is 10.8 Å². The van der Waals surface area contributed by atoms with Crippen molar-refractivity contribution in [2.24, 2.45) is 0 Å². The number of rotatable bonds is 3. The molecule has 1 unspecified atom stereocenters. The third-order valence-corrected chi connectivity index (χ3v) is 4.38. The third-order valence-electron chi connectivity index (χ3n) is 3.33. The van der Waals surface area contributed by atoms with E-state index < -0.39 is 5.25 Å². The van der Waals surface area contributed by atoms with E-state index in [1.165, 1.54) is 16.7 Å². The van der Waals surface area contributed by atoms with Gasteiger partial charge in [-0.1, -0.05) is 30.0 Å². The van der Waals surface area contributed by atoms with Crippen LogP contribution >= 0.6 is 11.8 Å². The molecule has 0 bridgehead atoms. The summed E-state index contributed by atoms with van der Waals surface area (Å²) < 4.78 is 0. The predicted molar refractivity (Wildman–Crippen MR) is 84.7 cm³/mol. The molecular weight excluding hydrogens is 298 g/mol. The second-order valence-corrected chi connectivity index (χ2v) is 6.32. The van der Waals surface area contributed by atoms with Crippen molar-refractivity contribution in [2.75, 3.05) is 4.90 Å². The molecule has 5 nitrogen and oxygen atoms in total. The lowest BCUT2D eigenvalue weighted by Crippen LogP contribution is -2.31. The molecule has 112 valence electrons. The number of hydrogen-bond acceptors (Lipinski definition) is 5. The normalized spacial score (nSPS) is 18.1. The maximum Gasteiger partial charge on any atom is 0.247 e. The topological polar surface area (TPSA) is 63.2 Å². The zero-order chi connectivity index (χ0) is 15.7. The van der Waals surface area contributed by atoms with E-state index in [0.717, 1.165) is 11.4 Å². The molecule has 1 aliphatic rings. The van der Waals surface area contributed by atoms with E-state index >= 15 is 0 Å². The van der Waals surface area contributed by atoms with Crippen LogP contribution in [-0.2, 0) is 9.59 Å². The van der Waals surface area contributed by atoms with Gasteiger partial charge < -0.3 is 0 Å². The number of anilines is 1. The molecule has 3 rings (SSSR count). The van der Waals surface area contributed by atoms with Crippen molar-refractivity contribution in [3.63, 3.8) is 0 Å². The summed E-state index contributed by atoms with van der Waals surface area (Å²) in [6.45, 7) is 3.77. The van der Waals surface area contributed by atoms with Crippen LogP contribution in [0.4, 0.5) is 5.69 Å². The van der Waals surface area contributed by atoms with Crippen LogP contribution in [0.5, 0.6) is 0 Å². The lowest BCUT2D eigenvalue weighted by atomic mass is 10.3. The summed E-state index contributed by atoms with van der Waals surface area (Å²) in [7, 11) is 0. The monoisotopic (exact) mass is 313 g/mol. The standard InChI is InChI=1S/C16H15N3O2S/c1-10-8-11(2)18-16(17-10)22-13-9-14(20)19(15(13)21)12-6-4-3-5-7-12/h3-8,13H,9H2,1-2H3. The Morgan fingerprint density at radius 1 is 1.09 bits per heavy atom. The minimum Gasteiger partial charge on any atom is -0.274 e. The number of carbonyl (C=O) groups is 2. The second-order valence-electron chi connectivity index (χ2n) is 5.15. The van der Waals surface area contributed by atoms with Crippen LogP contribution < -0.4 is 4.90 Å². The van der Waals surface area contributed by atoms with E-state index in [1.54, 1.807) is 12.1 Å². The van der Waals surface area contributed by atoms with Gasteiger partial charge in [-0.25, -0.2) is 14.9 Å². The number of thioether (sulfide) groups is 1. The molecule has 1 saturated heterocycles. The highest BCUT2D eigenvalue weighted by Gasteiger charge is 2.40. The first-order valence-electron chi connectivity index (χ1n) is 6.95. The fraction of sp³-hybridized carbons (Fsp3) is 0.250. The molecule has 1 aliphatic heterocycles. The summed E-state index contributed by atoms with van der Waals surface area (Å²) in [6, 6.07) is 10.9. The Bertz CT molecular complexity index is 713. The van der Waals surface area contributed by atoms with Crippen molar-refractivity contribution in [2.45, 2.75) is 30.7 Å². The molecule has 2 aromatic rings. The number of para-hydroxylation sites is 1. The van der Waals surface area contributed by atoms with E-state index in [1.807, 2.05) is 38.1 Å². The van der Waals surface area contributed by atoms with Crippen molar-refractivity contribution in [1.82, 2.24) is 9.97 Å². The minimum atomic E-state index is -0.464. The quantitative estimate of drug-likeness (QED) is 0.643. The van der Waals surface area contributed by atoms with Gasteiger partial charge in [0, 0.05) is 17.8 Å². The van der Waals surface area contributed by atoms with Gasteiger partial charge in [0.15, 0.2) is 5.16 Å². The van der Waals surface area contributed by atoms with Crippen LogP contribution in [0.15, 0.2) is 41.6 Å². The van der Waals surface area contributed by atoms with Crippen LogP contribution in [0.1, 0.15) is 17.8 Å². The van der Waals surface area contributed by atoms with Gasteiger partial charge in [-0.05, 0) is 32.0 Å². The first kappa shape index (κ1) is 14.7. The molecule has 1 aromatic carbocycles. The lowest BCUT2D eigenvalue weighted by Gasteiger charge is -2.14. The van der Waals surface area contributed by atoms with Gasteiger partial charge >= 0.3 is 0 Å². The fourth-order valence-corrected chi connectivity index (χ4v) is 3.50. The highest BCUT2D eigenvalue weighted by Crippen LogP contribution is 2.32. The summed E-state index contributed by atoms with van der Waals surface area (Å²) in [5.41, 5.74) is 2.32. The van der Waals surface area contributed by atoms with Crippen molar-refractivity contribution >= 4 is 29.3 Å². The zero-order valence-electron chi connectivity index (χ0n) is 12.3. The summed E-state index contributed by atoms with van der Waals surface area (Å²) in [4.78, 5) is 34.6. The van der Waals surface area contributed by atoms with Crippen molar-refractivity contribution in [3.05, 3.63) is 47.8 Å². The number of aryl methyl sites for hydroxylation is 2. The first-order chi connectivity index (χ1) is 10.5. The Balaban J connectivity index is 1.82. The molecule has 2 amide bonds. The van der Waals surface area contributed by atoms with Crippen molar-refractivity contribution in [3.8, 4) is 0 Å². The first-order valence-corrected chi connectivity index (χ1v) is 7.83. The molecule has 0 aliphatic carbocycles. The maximum absolute atomic E-state index is 12.5. The van der Waals surface area contributed by atoms with Gasteiger partial charge in [0.1, 0.15) is 5.25 Å². The van der Waals surface area contributed by atoms with Gasteiger partial charge in [0.05, 0.1) is 5.69 Å². The number of aromatic nitrogens is 2. The van der Waals surface area contributed by atoms with Crippen molar-refractivity contribution in [1.29, 1.82) is 0 Å². The Morgan fingerprint density at radius 3 is 2.36 bits per heavy atom. The van der Waals surface area contributed by atoms with E-state index in [-0.39, 0.29) is 18.2 Å². The van der Waals surface area contributed by atoms with E-state index in [9.17, 15) is 9.59 Å². The zero-order valence-corrected chi connectivity index (χ0v) is 13.1. The number of amides is 2. The number of carbonyl (C=O) groups excluding carboxylic acids is 2. The van der Waals surface area contributed by atoms with Crippen LogP contribution in [-0.4, -0.2) is 27.0 Å². The summed E-state index contributed by atoms with van der Waals surface area (Å²) in [5, 5.41) is 0.0764. The lowest BCUT2D eigenvalue weighted by molar-refractivity contribution is -0.121. The Hall–Kier alpha value is -2.21. The Kier molecular flexibility index (Phi) is 3.94. The summed E-state index contributed by atoms with van der Waals surface area (Å²) in [5.74, 6) is -0.387. The van der Waals surface area contributed by atoms with Gasteiger partial charge in [0.25, 0.3) is 0 Å². The molecule has 0 N–H and O–H groups in total. The van der Waals surface area contributed by atoms with Gasteiger partial charge in [-0.3, -0.25) is 9.59 Å². The fourth-order valence-electron chi connectivity index (χ4n) is 2.42. The highest BCUT2D eigenvalue weighted by atomic mass is 32.2. The average Bonchev–Trinajstić information content (AvgIpc) is 2.73. The van der Waals surface area contributed by atoms with E-state index in [4.69, 9.17) is 0 Å². The molecule has 0 saturated carbocycles. The Labute approximate surface area is 132 Å². The SMILES string of the molecule is Cc1cc(C)nc(SC2CC(=O)N(c3ccccc3)C2=O)n1. The largest absolute Gasteiger partial charge is 0.274 e. The molecule has 2 heterocycles. The minimum absolute atomic E-state index is 0.175. The average molecular weight is 313 g/mol. The van der Waals surface area contributed by atoms with E-state index in [2.05, 4.69) is 9.97 Å². The number of hydrogen-bond donors (Lipinski definition) is 0. The van der Waals surface area contributed by atoms with Gasteiger partial charge in [0.2, 0.25) is 11.8 Å². The molecule has 0 spiro atoms. The van der Waals surface area contributed by atoms with Gasteiger partial charge in [-0.15, -0.1) is 0 Å². The van der Waals surface area contributed by atoms with Crippen LogP contribution in [0.25, 0.3) is 0 Å². The molecular formula is C16H15N3O2S. The molecule has 22 heavy (non-hydrogen) atoms. The smallest absolute Gasteiger partial charge is 0.247 e. The Morgan fingerprint density at radius 2 is 1.73 bits per heavy atom. The predicted octanol–water partition coefficient (Wildman–Crippen LogP) is 2.52. The molecule has 1 aromatic heterocycles. The molecule has 0 radical (unpaired) electrons. The molecule has 6 heteroatoms. The van der Waals surface area contributed by atoms with Crippen LogP contribution in [0.2, 0.25) is 0 Å². The highest BCUT2D eigenvalue weighted by molar-refractivity contribution is 8.00. The molecule has 1 atom stereocenters. The van der Waals surface area contributed by atoms with Gasteiger partial charge in [-0.2, -0.15) is 0 Å². The summed E-state index contributed by atoms with van der Waals surface area (Å²) >= 11 is 1.26. The number of nitrogens with zero attached hydrogens (tertiary/aromatic N) is 3. The van der Waals surface area contributed by atoms with Crippen LogP contribution in [0.3, 0.4) is 0 Å². The van der Waals surface area contributed by atoms with Crippen LogP contribution in [0, 0.1) is 13.8 Å².